The molecular weight excluding hydrogens is 338 g/mol. The summed E-state index contributed by atoms with van der Waals surface area (Å²) in [6.07, 6.45) is 6.87. The van der Waals surface area contributed by atoms with Crippen LogP contribution in [0, 0.1) is 0 Å². The van der Waals surface area contributed by atoms with Crippen LogP contribution in [0.1, 0.15) is 5.76 Å². The van der Waals surface area contributed by atoms with Gasteiger partial charge in [0.15, 0.2) is 4.32 Å². The monoisotopic (exact) mass is 347 g/mol. The van der Waals surface area contributed by atoms with Gasteiger partial charge in [-0.2, -0.15) is 0 Å². The second-order valence-corrected chi connectivity index (χ2v) is 6.51. The van der Waals surface area contributed by atoms with Crippen molar-refractivity contribution < 1.29 is 9.21 Å². The van der Waals surface area contributed by atoms with E-state index in [2.05, 4.69) is 0 Å². The van der Waals surface area contributed by atoms with Crippen molar-refractivity contribution in [1.82, 2.24) is 0 Å². The maximum absolute atomic E-state index is 12.5. The van der Waals surface area contributed by atoms with E-state index in [1.165, 1.54) is 16.7 Å². The number of anilines is 1. The third-order valence-electron chi connectivity index (χ3n) is 2.91. The van der Waals surface area contributed by atoms with Crippen LogP contribution in [0.15, 0.2) is 64.1 Å². The number of halogens is 1. The highest BCUT2D eigenvalue weighted by molar-refractivity contribution is 8.27. The lowest BCUT2D eigenvalue weighted by Crippen LogP contribution is -2.27. The molecule has 0 radical (unpaired) electrons. The fraction of sp³-hybridized carbons (Fsp3) is 0. The first-order valence-corrected chi connectivity index (χ1v) is 7.99. The lowest BCUT2D eigenvalue weighted by Gasteiger charge is -2.14. The topological polar surface area (TPSA) is 33.5 Å². The number of furan rings is 1. The minimum Gasteiger partial charge on any atom is -0.465 e. The highest BCUT2D eigenvalue weighted by Crippen LogP contribution is 2.35. The van der Waals surface area contributed by atoms with Gasteiger partial charge < -0.3 is 4.42 Å². The minimum atomic E-state index is -0.152. The van der Waals surface area contributed by atoms with Gasteiger partial charge in [-0.1, -0.05) is 47.7 Å². The fourth-order valence-corrected chi connectivity index (χ4v) is 3.37. The number of thioether (sulfide) groups is 1. The first-order chi connectivity index (χ1) is 10.6. The van der Waals surface area contributed by atoms with Crippen LogP contribution in [0.5, 0.6) is 0 Å². The van der Waals surface area contributed by atoms with Crippen molar-refractivity contribution in [3.63, 3.8) is 0 Å². The number of rotatable bonds is 3. The molecule has 0 atom stereocenters. The van der Waals surface area contributed by atoms with E-state index < -0.39 is 0 Å². The molecule has 2 heterocycles. The van der Waals surface area contributed by atoms with Crippen molar-refractivity contribution in [2.24, 2.45) is 0 Å². The Bertz CT molecular complexity index is 781. The molecule has 0 aliphatic carbocycles. The number of hydrogen-bond acceptors (Lipinski definition) is 4. The van der Waals surface area contributed by atoms with Crippen LogP contribution >= 0.6 is 35.6 Å². The van der Waals surface area contributed by atoms with Crippen molar-refractivity contribution >= 4 is 57.6 Å². The number of amides is 1. The van der Waals surface area contributed by atoms with Gasteiger partial charge in [-0.3, -0.25) is 9.69 Å². The first kappa shape index (κ1) is 15.1. The quantitative estimate of drug-likeness (QED) is 0.584. The Hall–Kier alpha value is -1.82. The molecular formula is C16H10ClNO2S2. The number of thiocarbonyl (C=S) groups is 1. The molecule has 1 aliphatic rings. The highest BCUT2D eigenvalue weighted by Gasteiger charge is 2.32. The molecule has 1 fully saturated rings. The molecule has 1 aromatic carbocycles. The predicted octanol–water partition coefficient (Wildman–Crippen LogP) is 4.90. The minimum absolute atomic E-state index is 0.152. The lowest BCUT2D eigenvalue weighted by atomic mass is 10.3. The Labute approximate surface area is 142 Å². The van der Waals surface area contributed by atoms with Gasteiger partial charge in [-0.05, 0) is 42.5 Å². The number of hydrogen-bond donors (Lipinski definition) is 0. The average molecular weight is 348 g/mol. The van der Waals surface area contributed by atoms with Crippen molar-refractivity contribution in [2.75, 3.05) is 4.90 Å². The van der Waals surface area contributed by atoms with E-state index in [1.54, 1.807) is 54.8 Å². The zero-order valence-corrected chi connectivity index (χ0v) is 13.6. The maximum atomic E-state index is 12.5. The van der Waals surface area contributed by atoms with Crippen LogP contribution in [0.2, 0.25) is 5.02 Å². The van der Waals surface area contributed by atoms with E-state index >= 15 is 0 Å². The molecule has 3 nitrogen and oxygen atoms in total. The van der Waals surface area contributed by atoms with Crippen molar-refractivity contribution in [3.05, 3.63) is 70.5 Å². The summed E-state index contributed by atoms with van der Waals surface area (Å²) in [5, 5.41) is 0.563. The molecule has 1 amide bonds. The summed E-state index contributed by atoms with van der Waals surface area (Å²) in [4.78, 5) is 14.5. The Morgan fingerprint density at radius 3 is 2.86 bits per heavy atom. The van der Waals surface area contributed by atoms with Crippen LogP contribution in [-0.2, 0) is 4.79 Å². The van der Waals surface area contributed by atoms with E-state index in [1.807, 2.05) is 6.07 Å². The number of allylic oxidation sites excluding steroid dienone is 2. The number of carbonyl (C=O) groups excluding carboxylic acids is 1. The molecule has 0 N–H and O–H groups in total. The summed E-state index contributed by atoms with van der Waals surface area (Å²) >= 11 is 12.5. The van der Waals surface area contributed by atoms with E-state index in [0.29, 0.717) is 19.9 Å². The van der Waals surface area contributed by atoms with Gasteiger partial charge in [0.05, 0.1) is 16.9 Å². The van der Waals surface area contributed by atoms with Gasteiger partial charge in [-0.25, -0.2) is 0 Å². The Kier molecular flexibility index (Phi) is 4.47. The average Bonchev–Trinajstić information content (AvgIpc) is 3.08. The molecule has 110 valence electrons. The molecule has 0 saturated carbocycles. The molecule has 0 unspecified atom stereocenters. The molecule has 1 saturated heterocycles. The second-order valence-electron chi connectivity index (χ2n) is 4.39. The normalized spacial score (nSPS) is 17.1. The van der Waals surface area contributed by atoms with Gasteiger partial charge in [-0.15, -0.1) is 0 Å². The largest absolute Gasteiger partial charge is 0.465 e. The van der Waals surface area contributed by atoms with Gasteiger partial charge in [0.1, 0.15) is 5.76 Å². The molecule has 1 aliphatic heterocycles. The smallest absolute Gasteiger partial charge is 0.270 e. The highest BCUT2D eigenvalue weighted by atomic mass is 35.5. The Morgan fingerprint density at radius 2 is 2.14 bits per heavy atom. The molecule has 0 spiro atoms. The van der Waals surface area contributed by atoms with Crippen LogP contribution in [0.3, 0.4) is 0 Å². The number of carbonyl (C=O) groups is 1. The third-order valence-corrected chi connectivity index (χ3v) is 4.47. The fourth-order valence-electron chi connectivity index (χ4n) is 1.94. The standard InChI is InChI=1S/C16H10ClNO2S2/c17-11-4-1-5-12(10-11)18-15(19)14(22-16(18)21)8-2-6-13-7-3-9-20-13/h1-10H/b6-2+,14-8-. The van der Waals surface area contributed by atoms with E-state index in [9.17, 15) is 4.79 Å². The van der Waals surface area contributed by atoms with E-state index in [-0.39, 0.29) is 5.91 Å². The van der Waals surface area contributed by atoms with Gasteiger partial charge in [0.2, 0.25) is 0 Å². The number of nitrogens with zero attached hydrogens (tertiary/aromatic N) is 1. The summed E-state index contributed by atoms with van der Waals surface area (Å²) in [7, 11) is 0. The molecule has 3 rings (SSSR count). The third kappa shape index (κ3) is 3.16. The van der Waals surface area contributed by atoms with Crippen LogP contribution in [0.25, 0.3) is 6.08 Å². The van der Waals surface area contributed by atoms with Crippen molar-refractivity contribution in [1.29, 1.82) is 0 Å². The van der Waals surface area contributed by atoms with Crippen LogP contribution in [0.4, 0.5) is 5.69 Å². The molecule has 2 aromatic rings. The van der Waals surface area contributed by atoms with Gasteiger partial charge >= 0.3 is 0 Å². The lowest BCUT2D eigenvalue weighted by molar-refractivity contribution is -0.113. The summed E-state index contributed by atoms with van der Waals surface area (Å²) in [5.41, 5.74) is 0.674. The summed E-state index contributed by atoms with van der Waals surface area (Å²) in [6.45, 7) is 0. The molecule has 6 heteroatoms. The SMILES string of the molecule is O=C1/C(=C/C=C/c2ccco2)SC(=S)N1c1cccc(Cl)c1. The van der Waals surface area contributed by atoms with Gasteiger partial charge in [0.25, 0.3) is 5.91 Å². The van der Waals surface area contributed by atoms with Crippen LogP contribution < -0.4 is 4.90 Å². The summed E-state index contributed by atoms with van der Waals surface area (Å²) < 4.78 is 5.68. The first-order valence-electron chi connectivity index (χ1n) is 6.39. The Morgan fingerprint density at radius 1 is 1.27 bits per heavy atom. The predicted molar refractivity (Wildman–Crippen MR) is 95.0 cm³/mol. The van der Waals surface area contributed by atoms with E-state index in [0.717, 1.165) is 5.76 Å². The van der Waals surface area contributed by atoms with Crippen molar-refractivity contribution in [2.45, 2.75) is 0 Å². The zero-order valence-electron chi connectivity index (χ0n) is 11.2. The van der Waals surface area contributed by atoms with E-state index in [4.69, 9.17) is 28.2 Å². The molecule has 0 bridgehead atoms. The summed E-state index contributed by atoms with van der Waals surface area (Å²) in [5.74, 6) is 0.572. The molecule has 22 heavy (non-hydrogen) atoms. The maximum Gasteiger partial charge on any atom is 0.270 e. The van der Waals surface area contributed by atoms with Gasteiger partial charge in [0, 0.05) is 5.02 Å². The van der Waals surface area contributed by atoms with Crippen molar-refractivity contribution in [3.8, 4) is 0 Å². The van der Waals surface area contributed by atoms with Crippen LogP contribution in [-0.4, -0.2) is 10.2 Å². The Balaban J connectivity index is 1.82. The summed E-state index contributed by atoms with van der Waals surface area (Å²) in [6, 6.07) is 10.7. The number of benzene rings is 1. The second kappa shape index (κ2) is 6.52. The molecule has 1 aromatic heterocycles. The zero-order chi connectivity index (χ0) is 15.5.